The van der Waals surface area contributed by atoms with E-state index >= 15 is 0 Å². The molecule has 0 aliphatic heterocycles. The van der Waals surface area contributed by atoms with Gasteiger partial charge in [0.05, 0.1) is 5.69 Å². The number of benzene rings is 3. The van der Waals surface area contributed by atoms with Gasteiger partial charge in [-0.2, -0.15) is 0 Å². The first kappa shape index (κ1) is 17.9. The first-order valence-electron chi connectivity index (χ1n) is 8.45. The van der Waals surface area contributed by atoms with E-state index in [0.29, 0.717) is 22.1 Å². The minimum absolute atomic E-state index is 0.0388. The minimum Gasteiger partial charge on any atom is -0.319 e. The summed E-state index contributed by atoms with van der Waals surface area (Å²) in [4.78, 5) is 17.0. The molecule has 4 rings (SSSR count). The van der Waals surface area contributed by atoms with E-state index in [1.165, 1.54) is 18.2 Å². The fourth-order valence-corrected chi connectivity index (χ4v) is 2.92. The number of para-hydroxylation sites is 1. The monoisotopic (exact) mass is 392 g/mol. The Morgan fingerprint density at radius 2 is 1.75 bits per heavy atom. The van der Waals surface area contributed by atoms with Crippen LogP contribution in [0.15, 0.2) is 78.9 Å². The van der Waals surface area contributed by atoms with Crippen molar-refractivity contribution in [1.82, 2.24) is 14.8 Å². The van der Waals surface area contributed by atoms with Gasteiger partial charge in [-0.1, -0.05) is 48.0 Å². The number of anilines is 1. The molecule has 1 amide bonds. The van der Waals surface area contributed by atoms with Gasteiger partial charge in [-0.15, -0.1) is 5.10 Å². The SMILES string of the molecule is O=C(Nc1cccc(F)c1)c1nc(-c2cccc(Cl)c2)n(-c2ccccc2)n1. The second-order valence-electron chi connectivity index (χ2n) is 5.98. The van der Waals surface area contributed by atoms with Crippen molar-refractivity contribution in [2.45, 2.75) is 0 Å². The van der Waals surface area contributed by atoms with E-state index in [0.717, 1.165) is 5.69 Å². The van der Waals surface area contributed by atoms with Crippen molar-refractivity contribution in [3.8, 4) is 17.1 Å². The fourth-order valence-electron chi connectivity index (χ4n) is 2.73. The van der Waals surface area contributed by atoms with E-state index in [1.807, 2.05) is 36.4 Å². The maximum atomic E-state index is 13.4. The predicted octanol–water partition coefficient (Wildman–Crippen LogP) is 4.98. The second-order valence-corrected chi connectivity index (χ2v) is 6.42. The molecule has 0 saturated carbocycles. The highest BCUT2D eigenvalue weighted by Crippen LogP contribution is 2.24. The Morgan fingerprint density at radius 1 is 0.964 bits per heavy atom. The Labute approximate surface area is 165 Å². The van der Waals surface area contributed by atoms with Gasteiger partial charge in [0.2, 0.25) is 5.82 Å². The van der Waals surface area contributed by atoms with E-state index in [2.05, 4.69) is 15.4 Å². The Morgan fingerprint density at radius 3 is 2.50 bits per heavy atom. The second kappa shape index (κ2) is 7.62. The molecule has 0 aliphatic rings. The molecular formula is C21H14ClFN4O. The average Bonchev–Trinajstić information content (AvgIpc) is 3.14. The number of hydrogen-bond acceptors (Lipinski definition) is 3. The molecule has 0 atom stereocenters. The highest BCUT2D eigenvalue weighted by molar-refractivity contribution is 6.30. The lowest BCUT2D eigenvalue weighted by molar-refractivity contribution is 0.101. The van der Waals surface area contributed by atoms with Crippen LogP contribution in [0.5, 0.6) is 0 Å². The van der Waals surface area contributed by atoms with Crippen molar-refractivity contribution in [3.05, 3.63) is 95.5 Å². The molecule has 138 valence electrons. The molecular weight excluding hydrogens is 379 g/mol. The molecule has 1 N–H and O–H groups in total. The lowest BCUT2D eigenvalue weighted by atomic mass is 10.2. The van der Waals surface area contributed by atoms with Gasteiger partial charge in [-0.25, -0.2) is 14.1 Å². The molecule has 0 aliphatic carbocycles. The summed E-state index contributed by atoms with van der Waals surface area (Å²) in [6.45, 7) is 0. The van der Waals surface area contributed by atoms with E-state index in [1.54, 1.807) is 28.9 Å². The van der Waals surface area contributed by atoms with Crippen LogP contribution >= 0.6 is 11.6 Å². The van der Waals surface area contributed by atoms with Gasteiger partial charge in [-0.05, 0) is 42.5 Å². The van der Waals surface area contributed by atoms with Crippen LogP contribution in [0.25, 0.3) is 17.1 Å². The quantitative estimate of drug-likeness (QED) is 0.533. The standard InChI is InChI=1S/C21H14ClFN4O/c22-15-7-4-6-14(12-15)20-25-19(26-27(20)18-10-2-1-3-11-18)21(28)24-17-9-5-8-16(23)13-17/h1-13H,(H,24,28). The molecule has 7 heteroatoms. The molecule has 1 heterocycles. The van der Waals surface area contributed by atoms with Crippen LogP contribution in [0.1, 0.15) is 10.6 Å². The lowest BCUT2D eigenvalue weighted by Gasteiger charge is -2.05. The Bertz CT molecular complexity index is 1140. The van der Waals surface area contributed by atoms with Gasteiger partial charge in [0.1, 0.15) is 5.82 Å². The molecule has 4 aromatic rings. The smallest absolute Gasteiger partial charge is 0.295 e. The zero-order chi connectivity index (χ0) is 19.5. The van der Waals surface area contributed by atoms with Crippen molar-refractivity contribution < 1.29 is 9.18 Å². The predicted molar refractivity (Wildman–Crippen MR) is 106 cm³/mol. The number of aromatic nitrogens is 3. The maximum absolute atomic E-state index is 13.4. The first-order valence-corrected chi connectivity index (χ1v) is 8.83. The van der Waals surface area contributed by atoms with Crippen molar-refractivity contribution in [2.75, 3.05) is 5.32 Å². The Balaban J connectivity index is 1.76. The van der Waals surface area contributed by atoms with Crippen LogP contribution < -0.4 is 5.32 Å². The van der Waals surface area contributed by atoms with Gasteiger partial charge in [0, 0.05) is 16.3 Å². The number of carbonyl (C=O) groups is 1. The molecule has 0 saturated heterocycles. The van der Waals surface area contributed by atoms with Crippen molar-refractivity contribution in [2.24, 2.45) is 0 Å². The number of nitrogens with zero attached hydrogens (tertiary/aromatic N) is 3. The number of halogens is 2. The average molecular weight is 393 g/mol. The molecule has 0 radical (unpaired) electrons. The van der Waals surface area contributed by atoms with E-state index < -0.39 is 11.7 Å². The molecule has 5 nitrogen and oxygen atoms in total. The topological polar surface area (TPSA) is 59.8 Å². The van der Waals surface area contributed by atoms with Crippen molar-refractivity contribution in [1.29, 1.82) is 0 Å². The van der Waals surface area contributed by atoms with Crippen LogP contribution in [0.3, 0.4) is 0 Å². The molecule has 0 spiro atoms. The zero-order valence-corrected chi connectivity index (χ0v) is 15.3. The van der Waals surface area contributed by atoms with Gasteiger partial charge < -0.3 is 5.32 Å². The third kappa shape index (κ3) is 3.77. The van der Waals surface area contributed by atoms with Crippen LogP contribution in [-0.2, 0) is 0 Å². The summed E-state index contributed by atoms with van der Waals surface area (Å²) < 4.78 is 14.9. The van der Waals surface area contributed by atoms with Gasteiger partial charge in [0.25, 0.3) is 5.91 Å². The van der Waals surface area contributed by atoms with Crippen LogP contribution in [-0.4, -0.2) is 20.7 Å². The van der Waals surface area contributed by atoms with Crippen LogP contribution in [0, 0.1) is 5.82 Å². The lowest BCUT2D eigenvalue weighted by Crippen LogP contribution is -2.14. The summed E-state index contributed by atoms with van der Waals surface area (Å²) in [6, 6.07) is 22.1. The number of amides is 1. The third-order valence-electron chi connectivity index (χ3n) is 3.98. The summed E-state index contributed by atoms with van der Waals surface area (Å²) in [5, 5.41) is 7.52. The summed E-state index contributed by atoms with van der Waals surface area (Å²) in [5.41, 5.74) is 1.79. The van der Waals surface area contributed by atoms with Crippen molar-refractivity contribution in [3.63, 3.8) is 0 Å². The normalized spacial score (nSPS) is 10.6. The minimum atomic E-state index is -0.538. The molecule has 0 bridgehead atoms. The van der Waals surface area contributed by atoms with E-state index in [-0.39, 0.29) is 5.82 Å². The third-order valence-corrected chi connectivity index (χ3v) is 4.21. The Hall–Kier alpha value is -3.51. The summed E-state index contributed by atoms with van der Waals surface area (Å²) in [6.07, 6.45) is 0. The van der Waals surface area contributed by atoms with E-state index in [4.69, 9.17) is 11.6 Å². The van der Waals surface area contributed by atoms with Gasteiger partial charge in [0.15, 0.2) is 5.82 Å². The number of carbonyl (C=O) groups excluding carboxylic acids is 1. The first-order chi connectivity index (χ1) is 13.6. The number of nitrogens with one attached hydrogen (secondary N) is 1. The molecule has 3 aromatic carbocycles. The number of rotatable bonds is 4. The molecule has 28 heavy (non-hydrogen) atoms. The maximum Gasteiger partial charge on any atom is 0.295 e. The molecule has 0 fully saturated rings. The molecule has 0 unspecified atom stereocenters. The highest BCUT2D eigenvalue weighted by atomic mass is 35.5. The molecule has 1 aromatic heterocycles. The zero-order valence-electron chi connectivity index (χ0n) is 14.5. The van der Waals surface area contributed by atoms with Crippen molar-refractivity contribution >= 4 is 23.2 Å². The number of hydrogen-bond donors (Lipinski definition) is 1. The largest absolute Gasteiger partial charge is 0.319 e. The van der Waals surface area contributed by atoms with E-state index in [9.17, 15) is 9.18 Å². The van der Waals surface area contributed by atoms with Gasteiger partial charge in [-0.3, -0.25) is 4.79 Å². The Kier molecular flexibility index (Phi) is 4.87. The summed E-state index contributed by atoms with van der Waals surface area (Å²) in [7, 11) is 0. The summed E-state index contributed by atoms with van der Waals surface area (Å²) in [5.74, 6) is -0.551. The van der Waals surface area contributed by atoms with Crippen LogP contribution in [0.4, 0.5) is 10.1 Å². The highest BCUT2D eigenvalue weighted by Gasteiger charge is 2.19. The fraction of sp³-hybridized carbons (Fsp3) is 0. The van der Waals surface area contributed by atoms with Crippen LogP contribution in [0.2, 0.25) is 5.02 Å². The van der Waals surface area contributed by atoms with Gasteiger partial charge >= 0.3 is 0 Å². The summed E-state index contributed by atoms with van der Waals surface area (Å²) >= 11 is 6.11.